The van der Waals surface area contributed by atoms with E-state index in [9.17, 15) is 14.0 Å². The first kappa shape index (κ1) is 24.8. The lowest BCUT2D eigenvalue weighted by atomic mass is 10.0. The summed E-state index contributed by atoms with van der Waals surface area (Å²) in [4.78, 5) is 26.9. The first-order chi connectivity index (χ1) is 14.6. The second kappa shape index (κ2) is 11.3. The second-order valence-corrected chi connectivity index (χ2v) is 9.26. The molecular weight excluding hydrogens is 417 g/mol. The average Bonchev–Trinajstić information content (AvgIpc) is 2.68. The van der Waals surface area contributed by atoms with Gasteiger partial charge in [-0.1, -0.05) is 42.3 Å². The molecule has 6 nitrogen and oxygen atoms in total. The van der Waals surface area contributed by atoms with Crippen LogP contribution in [0.5, 0.6) is 0 Å². The lowest BCUT2D eigenvalue weighted by Gasteiger charge is -2.39. The molecule has 0 radical (unpaired) electrons. The Morgan fingerprint density at radius 2 is 1.84 bits per heavy atom. The van der Waals surface area contributed by atoms with Crippen molar-refractivity contribution >= 4 is 24.3 Å². The fraction of sp³-hybridized carbons (Fsp3) is 0.391. The molecule has 31 heavy (non-hydrogen) atoms. The number of hydrogen-bond donors (Lipinski definition) is 2. The largest absolute Gasteiger partial charge is 0.444 e. The molecule has 0 unspecified atom stereocenters. The van der Waals surface area contributed by atoms with Gasteiger partial charge in [-0.3, -0.25) is 10.2 Å². The maximum atomic E-state index is 13.5. The molecule has 0 aromatic heterocycles. The quantitative estimate of drug-likeness (QED) is 0.397. The van der Waals surface area contributed by atoms with Crippen LogP contribution in [0.15, 0.2) is 42.5 Å². The maximum Gasteiger partial charge on any atom is 0.410 e. The van der Waals surface area contributed by atoms with Gasteiger partial charge in [0, 0.05) is 13.1 Å². The molecule has 3 rings (SSSR count). The van der Waals surface area contributed by atoms with Crippen molar-refractivity contribution in [2.75, 3.05) is 20.1 Å². The molecule has 1 fully saturated rings. The van der Waals surface area contributed by atoms with Gasteiger partial charge in [0.2, 0.25) is 0 Å². The molecule has 2 aromatic carbocycles. The van der Waals surface area contributed by atoms with E-state index in [-0.39, 0.29) is 11.7 Å². The molecule has 2 N–H and O–H groups in total. The van der Waals surface area contributed by atoms with Crippen molar-refractivity contribution in [2.24, 2.45) is 0 Å². The highest BCUT2D eigenvalue weighted by Gasteiger charge is 2.33. The van der Waals surface area contributed by atoms with Gasteiger partial charge >= 0.3 is 6.09 Å². The standard InChI is InChI=1S/C14H11FO.C9H19N3O2S/c1-10-7-12(8-13(9-16)14(10)15)11-5-3-2-4-6-11;1-9(2,3)14-8(13)12-5-7(6-12)15-11-10-4/h2-9H,1H3;7,10-11H,5-6H2,1-4H3. The summed E-state index contributed by atoms with van der Waals surface area (Å²) in [5.41, 5.74) is 4.87. The molecule has 1 heterocycles. The predicted molar refractivity (Wildman–Crippen MR) is 123 cm³/mol. The molecule has 0 bridgehead atoms. The number of hydrogen-bond acceptors (Lipinski definition) is 6. The van der Waals surface area contributed by atoms with Crippen LogP contribution in [0.1, 0.15) is 36.7 Å². The van der Waals surface area contributed by atoms with E-state index in [1.54, 1.807) is 35.9 Å². The Bertz CT molecular complexity index is 882. The molecule has 0 aliphatic carbocycles. The monoisotopic (exact) mass is 447 g/mol. The average molecular weight is 448 g/mol. The molecule has 1 amide bonds. The van der Waals surface area contributed by atoms with Crippen LogP contribution in [0, 0.1) is 12.7 Å². The summed E-state index contributed by atoms with van der Waals surface area (Å²) in [6.45, 7) is 8.77. The van der Waals surface area contributed by atoms with Crippen molar-refractivity contribution in [3.05, 3.63) is 59.4 Å². The zero-order valence-corrected chi connectivity index (χ0v) is 19.4. The number of rotatable bonds is 5. The van der Waals surface area contributed by atoms with Gasteiger partial charge in [0.1, 0.15) is 11.4 Å². The van der Waals surface area contributed by atoms with E-state index in [2.05, 4.69) is 10.3 Å². The Morgan fingerprint density at radius 1 is 1.19 bits per heavy atom. The molecular formula is C23H30FN3O3S. The van der Waals surface area contributed by atoms with E-state index >= 15 is 0 Å². The highest BCUT2D eigenvalue weighted by atomic mass is 32.2. The summed E-state index contributed by atoms with van der Waals surface area (Å²) < 4.78 is 18.7. The van der Waals surface area contributed by atoms with E-state index in [0.717, 1.165) is 24.2 Å². The first-order valence-electron chi connectivity index (χ1n) is 10.0. The van der Waals surface area contributed by atoms with Crippen molar-refractivity contribution < 1.29 is 18.7 Å². The summed E-state index contributed by atoms with van der Waals surface area (Å²) in [6, 6.07) is 12.9. The van der Waals surface area contributed by atoms with Crippen molar-refractivity contribution in [1.82, 2.24) is 15.2 Å². The van der Waals surface area contributed by atoms with Gasteiger partial charge in [-0.15, -0.1) is 0 Å². The minimum Gasteiger partial charge on any atom is -0.444 e. The highest BCUT2D eigenvalue weighted by molar-refractivity contribution is 7.98. The van der Waals surface area contributed by atoms with Crippen LogP contribution in [-0.4, -0.2) is 48.3 Å². The van der Waals surface area contributed by atoms with Gasteiger partial charge in [-0.2, -0.15) is 0 Å². The third-order valence-corrected chi connectivity index (χ3v) is 5.30. The molecule has 1 saturated heterocycles. The summed E-state index contributed by atoms with van der Waals surface area (Å²) in [6.07, 6.45) is 0.332. The first-order valence-corrected chi connectivity index (χ1v) is 10.9. The fourth-order valence-electron chi connectivity index (χ4n) is 2.81. The van der Waals surface area contributed by atoms with Crippen LogP contribution >= 0.6 is 11.9 Å². The minimum atomic E-state index is -0.435. The number of carbonyl (C=O) groups excluding carboxylic acids is 2. The summed E-state index contributed by atoms with van der Waals surface area (Å²) in [7, 11) is 1.82. The van der Waals surface area contributed by atoms with E-state index in [1.165, 1.54) is 0 Å². The zero-order valence-electron chi connectivity index (χ0n) is 18.6. The number of nitrogens with zero attached hydrogens (tertiary/aromatic N) is 1. The summed E-state index contributed by atoms with van der Waals surface area (Å²) in [5, 5.41) is 0.449. The van der Waals surface area contributed by atoms with Crippen molar-refractivity contribution in [3.8, 4) is 11.1 Å². The lowest BCUT2D eigenvalue weighted by molar-refractivity contribution is 0.0143. The molecule has 0 spiro atoms. The van der Waals surface area contributed by atoms with Gasteiger partial charge in [-0.25, -0.2) is 14.0 Å². The Hall–Kier alpha value is -2.42. The molecule has 1 aliphatic rings. The van der Waals surface area contributed by atoms with Gasteiger partial charge in [-0.05, 0) is 63.6 Å². The molecule has 0 saturated carbocycles. The van der Waals surface area contributed by atoms with Crippen LogP contribution < -0.4 is 10.3 Å². The number of likely N-dealkylation sites (tertiary alicyclic amines) is 1. The number of aryl methyl sites for hydroxylation is 1. The second-order valence-electron chi connectivity index (χ2n) is 8.16. The molecule has 8 heteroatoms. The molecule has 168 valence electrons. The molecule has 1 aliphatic heterocycles. The Morgan fingerprint density at radius 3 is 2.39 bits per heavy atom. The number of halogens is 1. The van der Waals surface area contributed by atoms with E-state index < -0.39 is 11.4 Å². The minimum absolute atomic E-state index is 0.110. The van der Waals surface area contributed by atoms with Crippen LogP contribution in [0.3, 0.4) is 0 Å². The smallest absolute Gasteiger partial charge is 0.410 e. The molecule has 0 atom stereocenters. The number of benzene rings is 2. The third-order valence-electron chi connectivity index (χ3n) is 4.34. The topological polar surface area (TPSA) is 70.7 Å². The van der Waals surface area contributed by atoms with Crippen LogP contribution in [0.4, 0.5) is 9.18 Å². The Labute approximate surface area is 187 Å². The summed E-state index contributed by atoms with van der Waals surface area (Å²) >= 11 is 1.59. The number of ether oxygens (including phenoxy) is 1. The van der Waals surface area contributed by atoms with E-state index in [4.69, 9.17) is 4.74 Å². The van der Waals surface area contributed by atoms with Crippen molar-refractivity contribution in [1.29, 1.82) is 0 Å². The maximum absolute atomic E-state index is 13.5. The number of amides is 1. The van der Waals surface area contributed by atoms with Crippen molar-refractivity contribution in [3.63, 3.8) is 0 Å². The van der Waals surface area contributed by atoms with E-state index in [1.807, 2.05) is 58.2 Å². The van der Waals surface area contributed by atoms with Crippen molar-refractivity contribution in [2.45, 2.75) is 38.5 Å². The number of carbonyl (C=O) groups is 2. The van der Waals surface area contributed by atoms with Gasteiger partial charge in [0.05, 0.1) is 10.8 Å². The third kappa shape index (κ3) is 7.65. The SMILES string of the molecule is CNNSC1CN(C(=O)OC(C)(C)C)C1.Cc1cc(-c2ccccc2)cc(C=O)c1F. The highest BCUT2D eigenvalue weighted by Crippen LogP contribution is 2.24. The lowest BCUT2D eigenvalue weighted by Crippen LogP contribution is -2.54. The van der Waals surface area contributed by atoms with Crippen LogP contribution in [0.25, 0.3) is 11.1 Å². The van der Waals surface area contributed by atoms with Gasteiger partial charge in [0.15, 0.2) is 6.29 Å². The number of aldehydes is 1. The Balaban J connectivity index is 0.000000221. The van der Waals surface area contributed by atoms with Crippen LogP contribution in [0.2, 0.25) is 0 Å². The van der Waals surface area contributed by atoms with Crippen LogP contribution in [-0.2, 0) is 4.74 Å². The zero-order chi connectivity index (χ0) is 23.0. The predicted octanol–water partition coefficient (Wildman–Crippen LogP) is 4.59. The molecule has 2 aromatic rings. The number of hydrazine groups is 1. The Kier molecular flexibility index (Phi) is 9.03. The number of nitrogens with one attached hydrogen (secondary N) is 2. The normalized spacial score (nSPS) is 13.7. The fourth-order valence-corrected chi connectivity index (χ4v) is 3.60. The van der Waals surface area contributed by atoms with Gasteiger partial charge in [0.25, 0.3) is 0 Å². The van der Waals surface area contributed by atoms with Gasteiger partial charge < -0.3 is 9.64 Å². The summed E-state index contributed by atoms with van der Waals surface area (Å²) in [5.74, 6) is -0.435. The van der Waals surface area contributed by atoms with E-state index in [0.29, 0.717) is 17.1 Å².